The summed E-state index contributed by atoms with van der Waals surface area (Å²) < 4.78 is 5.06. The first-order chi connectivity index (χ1) is 12.2. The predicted octanol–water partition coefficient (Wildman–Crippen LogP) is 2.98. The van der Waals surface area contributed by atoms with E-state index in [1.165, 1.54) is 13.3 Å². The Balaban J connectivity index is 1.93. The summed E-state index contributed by atoms with van der Waals surface area (Å²) in [5.74, 6) is 0.183. The fourth-order valence-electron chi connectivity index (χ4n) is 2.76. The Morgan fingerprint density at radius 2 is 2.00 bits per heavy atom. The van der Waals surface area contributed by atoms with E-state index >= 15 is 0 Å². The number of rotatable bonds is 5. The van der Waals surface area contributed by atoms with Gasteiger partial charge in [0.1, 0.15) is 0 Å². The van der Waals surface area contributed by atoms with Crippen molar-refractivity contribution >= 4 is 23.5 Å². The third-order valence-corrected chi connectivity index (χ3v) is 3.95. The van der Waals surface area contributed by atoms with Crippen LogP contribution in [0.15, 0.2) is 52.7 Å². The molecular weight excluding hydrogens is 318 g/mol. The second-order valence-corrected chi connectivity index (χ2v) is 5.57. The van der Waals surface area contributed by atoms with Gasteiger partial charge in [0.05, 0.1) is 19.0 Å². The highest BCUT2D eigenvalue weighted by Gasteiger charge is 2.33. The average molecular weight is 337 g/mol. The number of amides is 1. The van der Waals surface area contributed by atoms with Gasteiger partial charge in [0.2, 0.25) is 0 Å². The summed E-state index contributed by atoms with van der Waals surface area (Å²) in [7, 11) is 1.48. The molecule has 0 fully saturated rings. The highest BCUT2D eigenvalue weighted by atomic mass is 16.5. The lowest BCUT2D eigenvalue weighted by atomic mass is 10.1. The first kappa shape index (κ1) is 16.7. The van der Waals surface area contributed by atoms with E-state index in [-0.39, 0.29) is 11.7 Å². The van der Waals surface area contributed by atoms with Crippen LogP contribution >= 0.6 is 0 Å². The summed E-state index contributed by atoms with van der Waals surface area (Å²) in [4.78, 5) is 14.3. The van der Waals surface area contributed by atoms with Gasteiger partial charge in [-0.2, -0.15) is 5.10 Å². The molecule has 6 heteroatoms. The minimum atomic E-state index is -0.157. The molecule has 0 aliphatic carbocycles. The highest BCUT2D eigenvalue weighted by Crippen LogP contribution is 2.30. The number of fused-ring (bicyclic) bond motifs is 1. The lowest BCUT2D eigenvalue weighted by molar-refractivity contribution is -0.112. The zero-order valence-electron chi connectivity index (χ0n) is 14.1. The molecule has 0 aromatic heterocycles. The number of hydrogen-bond acceptors (Lipinski definition) is 5. The van der Waals surface area contributed by atoms with E-state index in [4.69, 9.17) is 4.74 Å². The van der Waals surface area contributed by atoms with E-state index < -0.39 is 0 Å². The highest BCUT2D eigenvalue weighted by molar-refractivity contribution is 6.54. The summed E-state index contributed by atoms with van der Waals surface area (Å²) >= 11 is 0. The molecule has 25 heavy (non-hydrogen) atoms. The molecule has 1 amide bonds. The molecule has 0 bridgehead atoms. The number of benzene rings is 2. The Hall–Kier alpha value is -3.15. The predicted molar refractivity (Wildman–Crippen MR) is 97.9 cm³/mol. The first-order valence-electron chi connectivity index (χ1n) is 8.05. The SMILES string of the molecule is CCCN1C(=O)/C(=N/N=C/c2cccc(OC)c2O)c2ccccc21. The molecule has 1 aliphatic rings. The van der Waals surface area contributed by atoms with Gasteiger partial charge in [0.15, 0.2) is 17.2 Å². The molecule has 1 aliphatic heterocycles. The molecular formula is C19H19N3O3. The molecule has 0 radical (unpaired) electrons. The van der Waals surface area contributed by atoms with E-state index in [9.17, 15) is 9.90 Å². The minimum absolute atomic E-state index is 0.0142. The Bertz CT molecular complexity index is 859. The van der Waals surface area contributed by atoms with Crippen molar-refractivity contribution in [2.75, 3.05) is 18.6 Å². The van der Waals surface area contributed by atoms with Crippen LogP contribution in [0.4, 0.5) is 5.69 Å². The molecule has 0 atom stereocenters. The van der Waals surface area contributed by atoms with E-state index in [0.717, 1.165) is 17.7 Å². The van der Waals surface area contributed by atoms with Crippen molar-refractivity contribution in [3.05, 3.63) is 53.6 Å². The Labute approximate surface area is 146 Å². The number of carbonyl (C=O) groups is 1. The van der Waals surface area contributed by atoms with Crippen molar-refractivity contribution in [1.29, 1.82) is 0 Å². The van der Waals surface area contributed by atoms with Crippen LogP contribution in [0.5, 0.6) is 11.5 Å². The number of carbonyl (C=O) groups excluding carboxylic acids is 1. The molecule has 3 rings (SSSR count). The molecule has 128 valence electrons. The second-order valence-electron chi connectivity index (χ2n) is 5.57. The summed E-state index contributed by atoms with van der Waals surface area (Å²) in [6.45, 7) is 2.66. The quantitative estimate of drug-likeness (QED) is 0.673. The van der Waals surface area contributed by atoms with Gasteiger partial charge in [-0.3, -0.25) is 4.79 Å². The summed E-state index contributed by atoms with van der Waals surface area (Å²) in [6, 6.07) is 12.6. The zero-order chi connectivity index (χ0) is 17.8. The van der Waals surface area contributed by atoms with Crippen LogP contribution in [-0.4, -0.2) is 36.6 Å². The van der Waals surface area contributed by atoms with Crippen LogP contribution in [-0.2, 0) is 4.79 Å². The smallest absolute Gasteiger partial charge is 0.279 e. The largest absolute Gasteiger partial charge is 0.504 e. The summed E-state index contributed by atoms with van der Waals surface area (Å²) in [6.07, 6.45) is 2.26. The van der Waals surface area contributed by atoms with Crippen LogP contribution < -0.4 is 9.64 Å². The molecule has 2 aromatic carbocycles. The molecule has 0 saturated carbocycles. The van der Waals surface area contributed by atoms with Crippen molar-refractivity contribution in [1.82, 2.24) is 0 Å². The van der Waals surface area contributed by atoms with Gasteiger partial charge >= 0.3 is 0 Å². The standard InChI is InChI=1S/C19H19N3O3/c1-3-11-22-15-9-5-4-8-14(15)17(19(22)24)21-20-12-13-7-6-10-16(25-2)18(13)23/h4-10,12,23H,3,11H2,1-2H3/b20-12+,21-17+. The van der Waals surface area contributed by atoms with Gasteiger partial charge in [-0.05, 0) is 24.6 Å². The number of nitrogens with zero attached hydrogens (tertiary/aromatic N) is 3. The van der Waals surface area contributed by atoms with Gasteiger partial charge in [0, 0.05) is 17.7 Å². The van der Waals surface area contributed by atoms with Gasteiger partial charge in [-0.25, -0.2) is 0 Å². The number of phenolic OH excluding ortho intramolecular Hbond substituents is 1. The second kappa shape index (κ2) is 7.17. The number of hydrogen-bond donors (Lipinski definition) is 1. The monoisotopic (exact) mass is 337 g/mol. The van der Waals surface area contributed by atoms with Crippen molar-refractivity contribution in [2.24, 2.45) is 10.2 Å². The van der Waals surface area contributed by atoms with Gasteiger partial charge in [-0.1, -0.05) is 31.2 Å². The van der Waals surface area contributed by atoms with E-state index in [0.29, 0.717) is 23.6 Å². The minimum Gasteiger partial charge on any atom is -0.504 e. The van der Waals surface area contributed by atoms with Crippen LogP contribution in [0.1, 0.15) is 24.5 Å². The molecule has 1 heterocycles. The molecule has 1 N–H and O–H groups in total. The number of phenols is 1. The third-order valence-electron chi connectivity index (χ3n) is 3.95. The first-order valence-corrected chi connectivity index (χ1v) is 8.05. The molecule has 0 spiro atoms. The zero-order valence-corrected chi connectivity index (χ0v) is 14.1. The summed E-state index contributed by atoms with van der Waals surface area (Å²) in [5.41, 5.74) is 2.40. The average Bonchev–Trinajstić information content (AvgIpc) is 2.89. The van der Waals surface area contributed by atoms with E-state index in [1.54, 1.807) is 23.1 Å². The molecule has 2 aromatic rings. The van der Waals surface area contributed by atoms with Crippen LogP contribution in [0, 0.1) is 0 Å². The molecule has 6 nitrogen and oxygen atoms in total. The maximum atomic E-state index is 12.6. The normalized spacial score (nSPS) is 15.2. The van der Waals surface area contributed by atoms with Gasteiger partial charge < -0.3 is 14.7 Å². The van der Waals surface area contributed by atoms with Gasteiger partial charge in [-0.15, -0.1) is 5.10 Å². The number of ether oxygens (including phenoxy) is 1. The Kier molecular flexibility index (Phi) is 4.79. The summed E-state index contributed by atoms with van der Waals surface area (Å²) in [5, 5.41) is 18.2. The lowest BCUT2D eigenvalue weighted by Crippen LogP contribution is -2.30. The lowest BCUT2D eigenvalue weighted by Gasteiger charge is -2.14. The van der Waals surface area contributed by atoms with Gasteiger partial charge in [0.25, 0.3) is 5.91 Å². The van der Waals surface area contributed by atoms with Crippen LogP contribution in [0.3, 0.4) is 0 Å². The van der Waals surface area contributed by atoms with Crippen molar-refractivity contribution < 1.29 is 14.6 Å². The van der Waals surface area contributed by atoms with E-state index in [1.807, 2.05) is 31.2 Å². The van der Waals surface area contributed by atoms with E-state index in [2.05, 4.69) is 10.2 Å². The molecule has 0 saturated heterocycles. The van der Waals surface area contributed by atoms with Crippen LogP contribution in [0.25, 0.3) is 0 Å². The fourth-order valence-corrected chi connectivity index (χ4v) is 2.76. The van der Waals surface area contributed by atoms with Crippen molar-refractivity contribution in [3.8, 4) is 11.5 Å². The third kappa shape index (κ3) is 3.10. The maximum Gasteiger partial charge on any atom is 0.279 e. The Morgan fingerprint density at radius 1 is 1.20 bits per heavy atom. The molecule has 0 unspecified atom stereocenters. The van der Waals surface area contributed by atoms with Crippen molar-refractivity contribution in [2.45, 2.75) is 13.3 Å². The number of para-hydroxylation sites is 2. The van der Waals surface area contributed by atoms with Crippen LogP contribution in [0.2, 0.25) is 0 Å². The number of methoxy groups -OCH3 is 1. The van der Waals surface area contributed by atoms with Crippen molar-refractivity contribution in [3.63, 3.8) is 0 Å². The topological polar surface area (TPSA) is 74.5 Å². The fraction of sp³-hybridized carbons (Fsp3) is 0.211. The number of aromatic hydroxyl groups is 1. The maximum absolute atomic E-state index is 12.6. The number of anilines is 1. The Morgan fingerprint density at radius 3 is 2.76 bits per heavy atom.